The van der Waals surface area contributed by atoms with E-state index in [0.717, 1.165) is 6.07 Å². The zero-order chi connectivity index (χ0) is 18.3. The summed E-state index contributed by atoms with van der Waals surface area (Å²) in [6.07, 6.45) is -3.12. The summed E-state index contributed by atoms with van der Waals surface area (Å²) in [4.78, 5) is 0. The molecule has 1 heterocycles. The number of alkyl halides is 3. The number of aliphatic hydroxyl groups is 1. The molecule has 1 aliphatic heterocycles. The Bertz CT molecular complexity index is 640. The molecule has 2 rings (SSSR count). The highest BCUT2D eigenvalue weighted by atomic mass is 19.4. The summed E-state index contributed by atoms with van der Waals surface area (Å²) < 4.78 is 50.5. The molecule has 1 fully saturated rings. The number of halogens is 3. The van der Waals surface area contributed by atoms with Crippen molar-refractivity contribution in [1.29, 1.82) is 0 Å². The van der Waals surface area contributed by atoms with E-state index in [1.54, 1.807) is 0 Å². The van der Waals surface area contributed by atoms with Gasteiger partial charge in [0.2, 0.25) is 0 Å². The maximum Gasteiger partial charge on any atom is 0.492 e. The van der Waals surface area contributed by atoms with Crippen molar-refractivity contribution in [3.63, 3.8) is 0 Å². The highest BCUT2D eigenvalue weighted by Gasteiger charge is 2.52. The first-order chi connectivity index (χ1) is 10.9. The zero-order valence-corrected chi connectivity index (χ0v) is 14.1. The Kier molecular flexibility index (Phi) is 4.78. The average molecular weight is 343 g/mol. The van der Waals surface area contributed by atoms with E-state index in [-0.39, 0.29) is 11.3 Å². The SMILES string of the molecule is CC1(C)OB(C(=Cc2ccc(N)c(C(F)(F)F)c2)CO)OC1(C)C. The summed E-state index contributed by atoms with van der Waals surface area (Å²) in [6.45, 7) is 7.02. The number of anilines is 1. The Morgan fingerprint density at radius 3 is 2.21 bits per heavy atom. The quantitative estimate of drug-likeness (QED) is 0.653. The molecule has 0 radical (unpaired) electrons. The van der Waals surface area contributed by atoms with E-state index in [1.165, 1.54) is 18.2 Å². The Labute approximate surface area is 139 Å². The van der Waals surface area contributed by atoms with Gasteiger partial charge in [-0.3, -0.25) is 0 Å². The molecule has 3 N–H and O–H groups in total. The third-order valence-electron chi connectivity index (χ3n) is 4.47. The van der Waals surface area contributed by atoms with Crippen LogP contribution in [0, 0.1) is 0 Å². The van der Waals surface area contributed by atoms with Gasteiger partial charge in [-0.25, -0.2) is 0 Å². The summed E-state index contributed by atoms with van der Waals surface area (Å²) in [5.41, 5.74) is 3.52. The van der Waals surface area contributed by atoms with E-state index in [4.69, 9.17) is 15.0 Å². The van der Waals surface area contributed by atoms with Crippen LogP contribution in [0.15, 0.2) is 23.7 Å². The summed E-state index contributed by atoms with van der Waals surface area (Å²) in [5, 5.41) is 9.60. The van der Waals surface area contributed by atoms with E-state index in [1.807, 2.05) is 27.7 Å². The van der Waals surface area contributed by atoms with Crippen LogP contribution in [0.4, 0.5) is 18.9 Å². The minimum Gasteiger partial charge on any atom is -0.400 e. The van der Waals surface area contributed by atoms with Crippen molar-refractivity contribution in [3.05, 3.63) is 34.8 Å². The summed E-state index contributed by atoms with van der Waals surface area (Å²) in [7, 11) is -0.827. The van der Waals surface area contributed by atoms with Gasteiger partial charge in [-0.05, 0) is 50.9 Å². The van der Waals surface area contributed by atoms with Gasteiger partial charge in [0.1, 0.15) is 0 Å². The predicted molar refractivity (Wildman–Crippen MR) is 87.0 cm³/mol. The summed E-state index contributed by atoms with van der Waals surface area (Å²) >= 11 is 0. The Morgan fingerprint density at radius 2 is 1.75 bits per heavy atom. The van der Waals surface area contributed by atoms with Crippen molar-refractivity contribution < 1.29 is 27.6 Å². The van der Waals surface area contributed by atoms with Crippen LogP contribution in [0.2, 0.25) is 0 Å². The van der Waals surface area contributed by atoms with Gasteiger partial charge < -0.3 is 20.1 Å². The van der Waals surface area contributed by atoms with Gasteiger partial charge in [-0.2, -0.15) is 13.2 Å². The first-order valence-electron chi connectivity index (χ1n) is 7.51. The highest BCUT2D eigenvalue weighted by molar-refractivity contribution is 6.55. The minimum absolute atomic E-state index is 0.260. The normalized spacial score (nSPS) is 20.5. The molecular formula is C16H21BF3NO3. The van der Waals surface area contributed by atoms with Crippen LogP contribution in [0.3, 0.4) is 0 Å². The fourth-order valence-electron chi connectivity index (χ4n) is 2.31. The van der Waals surface area contributed by atoms with Gasteiger partial charge >= 0.3 is 13.3 Å². The number of benzene rings is 1. The first kappa shape index (κ1) is 18.8. The number of rotatable bonds is 3. The lowest BCUT2D eigenvalue weighted by molar-refractivity contribution is -0.136. The minimum atomic E-state index is -4.54. The molecule has 0 unspecified atom stereocenters. The lowest BCUT2D eigenvalue weighted by Gasteiger charge is -2.32. The Morgan fingerprint density at radius 1 is 1.21 bits per heavy atom. The van der Waals surface area contributed by atoms with E-state index >= 15 is 0 Å². The molecule has 0 amide bonds. The third kappa shape index (κ3) is 3.60. The topological polar surface area (TPSA) is 64.7 Å². The summed E-state index contributed by atoms with van der Waals surface area (Å²) in [5.74, 6) is 0. The molecule has 0 aromatic heterocycles. The van der Waals surface area contributed by atoms with Gasteiger partial charge in [0.05, 0.1) is 23.4 Å². The molecule has 132 valence electrons. The lowest BCUT2D eigenvalue weighted by Crippen LogP contribution is -2.41. The molecule has 24 heavy (non-hydrogen) atoms. The van der Waals surface area contributed by atoms with E-state index in [0.29, 0.717) is 5.47 Å². The molecule has 1 saturated heterocycles. The highest BCUT2D eigenvalue weighted by Crippen LogP contribution is 2.39. The average Bonchev–Trinajstić information content (AvgIpc) is 2.65. The van der Waals surface area contributed by atoms with Crippen molar-refractivity contribution >= 4 is 18.9 Å². The van der Waals surface area contributed by atoms with Crippen LogP contribution < -0.4 is 5.73 Å². The van der Waals surface area contributed by atoms with Crippen LogP contribution in [0.1, 0.15) is 38.8 Å². The smallest absolute Gasteiger partial charge is 0.400 e. The second kappa shape index (κ2) is 6.09. The van der Waals surface area contributed by atoms with Crippen LogP contribution in [0.25, 0.3) is 6.08 Å². The molecule has 1 aliphatic rings. The van der Waals surface area contributed by atoms with E-state index in [2.05, 4.69) is 0 Å². The first-order valence-corrected chi connectivity index (χ1v) is 7.51. The van der Waals surface area contributed by atoms with Gasteiger partial charge in [0.15, 0.2) is 0 Å². The van der Waals surface area contributed by atoms with Crippen molar-refractivity contribution in [1.82, 2.24) is 0 Å². The second-order valence-corrected chi connectivity index (χ2v) is 6.81. The molecule has 1 aromatic rings. The maximum absolute atomic E-state index is 13.0. The number of nitrogens with two attached hydrogens (primary N) is 1. The van der Waals surface area contributed by atoms with Gasteiger partial charge in [0.25, 0.3) is 0 Å². The van der Waals surface area contributed by atoms with Crippen LogP contribution in [-0.4, -0.2) is 30.0 Å². The fourth-order valence-corrected chi connectivity index (χ4v) is 2.31. The molecule has 8 heteroatoms. The Hall–Kier alpha value is -1.51. The molecule has 0 saturated carbocycles. The molecule has 0 bridgehead atoms. The van der Waals surface area contributed by atoms with Crippen LogP contribution >= 0.6 is 0 Å². The van der Waals surface area contributed by atoms with Crippen molar-refractivity contribution in [2.45, 2.75) is 45.1 Å². The summed E-state index contributed by atoms with van der Waals surface area (Å²) in [6, 6.07) is 3.58. The van der Waals surface area contributed by atoms with Crippen LogP contribution in [-0.2, 0) is 15.5 Å². The molecule has 0 atom stereocenters. The number of nitrogen functional groups attached to an aromatic ring is 1. The number of hydrogen-bond donors (Lipinski definition) is 2. The van der Waals surface area contributed by atoms with E-state index < -0.39 is 36.7 Å². The molecule has 1 aromatic carbocycles. The largest absolute Gasteiger partial charge is 0.492 e. The second-order valence-electron chi connectivity index (χ2n) is 6.81. The van der Waals surface area contributed by atoms with E-state index in [9.17, 15) is 18.3 Å². The zero-order valence-electron chi connectivity index (χ0n) is 14.1. The number of hydrogen-bond acceptors (Lipinski definition) is 4. The van der Waals surface area contributed by atoms with Crippen molar-refractivity contribution in [2.75, 3.05) is 12.3 Å². The molecular weight excluding hydrogens is 322 g/mol. The van der Waals surface area contributed by atoms with Crippen molar-refractivity contribution in [3.8, 4) is 0 Å². The van der Waals surface area contributed by atoms with Crippen molar-refractivity contribution in [2.24, 2.45) is 0 Å². The maximum atomic E-state index is 13.0. The van der Waals surface area contributed by atoms with Gasteiger partial charge in [-0.15, -0.1) is 0 Å². The lowest BCUT2D eigenvalue weighted by atomic mass is 9.77. The molecule has 0 aliphatic carbocycles. The van der Waals surface area contributed by atoms with Gasteiger partial charge in [0, 0.05) is 5.69 Å². The molecule has 0 spiro atoms. The fraction of sp³-hybridized carbons (Fsp3) is 0.500. The predicted octanol–water partition coefficient (Wildman–Crippen LogP) is 3.29. The van der Waals surface area contributed by atoms with Gasteiger partial charge in [-0.1, -0.05) is 12.1 Å². The monoisotopic (exact) mass is 343 g/mol. The third-order valence-corrected chi connectivity index (χ3v) is 4.47. The Balaban J connectivity index is 2.36. The van der Waals surface area contributed by atoms with Crippen LogP contribution in [0.5, 0.6) is 0 Å². The molecule has 4 nitrogen and oxygen atoms in total. The standard InChI is InChI=1S/C16H21BF3NO3/c1-14(2)15(3,4)24-17(23-14)11(9-22)7-10-5-6-13(21)12(8-10)16(18,19)20/h5-8,22H,9,21H2,1-4H3. The number of aliphatic hydroxyl groups excluding tert-OH is 1.